The lowest BCUT2D eigenvalue weighted by Gasteiger charge is -2.37. The molecule has 17 nitrogen and oxygen atoms in total. The van der Waals surface area contributed by atoms with Crippen molar-refractivity contribution in [2.24, 2.45) is 0 Å². The molecule has 0 radical (unpaired) electrons. The van der Waals surface area contributed by atoms with Crippen molar-refractivity contribution in [1.29, 1.82) is 0 Å². The van der Waals surface area contributed by atoms with E-state index in [9.17, 15) is 23.3 Å². The third-order valence-electron chi connectivity index (χ3n) is 10.4. The first kappa shape index (κ1) is 41.5. The van der Waals surface area contributed by atoms with Crippen LogP contribution in [0.1, 0.15) is 39.7 Å². The Bertz CT molecular complexity index is 2730. The molecule has 62 heavy (non-hydrogen) atoms. The lowest BCUT2D eigenvalue weighted by molar-refractivity contribution is -0.384. The quantitative estimate of drug-likeness (QED) is 0.0599. The number of anilines is 1. The summed E-state index contributed by atoms with van der Waals surface area (Å²) >= 11 is 0. The molecule has 2 N–H and O–H groups in total. The Labute approximate surface area is 355 Å². The average Bonchev–Trinajstić information content (AvgIpc) is 3.91. The number of rotatable bonds is 16. The summed E-state index contributed by atoms with van der Waals surface area (Å²) in [6, 6.07) is 36.8. The van der Waals surface area contributed by atoms with Gasteiger partial charge in [0.25, 0.3) is 11.6 Å². The van der Waals surface area contributed by atoms with Crippen molar-refractivity contribution in [3.63, 3.8) is 0 Å². The van der Waals surface area contributed by atoms with Crippen LogP contribution in [0.3, 0.4) is 0 Å². The second-order valence-electron chi connectivity index (χ2n) is 14.1. The van der Waals surface area contributed by atoms with Crippen LogP contribution in [0.2, 0.25) is 0 Å². The third kappa shape index (κ3) is 8.66. The smallest absolute Gasteiger partial charge is 0.382 e. The molecule has 1 fully saturated rings. The van der Waals surface area contributed by atoms with Gasteiger partial charge in [0.15, 0.2) is 17.0 Å². The predicted octanol–water partition coefficient (Wildman–Crippen LogP) is 6.58. The van der Waals surface area contributed by atoms with Gasteiger partial charge in [-0.25, -0.2) is 15.0 Å². The van der Waals surface area contributed by atoms with Gasteiger partial charge in [-0.05, 0) is 65.2 Å². The Hall–Kier alpha value is -7.25. The first-order chi connectivity index (χ1) is 30.1. The van der Waals surface area contributed by atoms with Crippen LogP contribution in [0.15, 0.2) is 146 Å². The van der Waals surface area contributed by atoms with E-state index in [1.165, 1.54) is 24.8 Å². The van der Waals surface area contributed by atoms with Gasteiger partial charge >= 0.3 is 10.3 Å². The molecule has 0 aliphatic carbocycles. The van der Waals surface area contributed by atoms with Gasteiger partial charge in [0.05, 0.1) is 38.1 Å². The predicted molar refractivity (Wildman–Crippen MR) is 226 cm³/mol. The molecule has 8 rings (SSSR count). The maximum Gasteiger partial charge on any atom is 0.382 e. The number of fused-ring (bicyclic) bond motifs is 1. The molecular weight excluding hydrogens is 819 g/mol. The van der Waals surface area contributed by atoms with Crippen LogP contribution in [0.25, 0.3) is 11.2 Å². The highest BCUT2D eigenvalue weighted by Gasteiger charge is 2.44. The Morgan fingerprint density at radius 3 is 1.98 bits per heavy atom. The number of hydrogen-bond acceptors (Lipinski definition) is 13. The van der Waals surface area contributed by atoms with E-state index >= 15 is 0 Å². The molecule has 7 aromatic rings. The molecule has 3 atom stereocenters. The number of benzene rings is 5. The molecule has 2 aromatic heterocycles. The summed E-state index contributed by atoms with van der Waals surface area (Å²) in [7, 11) is -1.41. The summed E-state index contributed by atoms with van der Waals surface area (Å²) in [5.41, 5.74) is 1.75. The lowest BCUT2D eigenvalue weighted by atomic mass is 9.80. The Morgan fingerprint density at radius 1 is 0.806 bits per heavy atom. The van der Waals surface area contributed by atoms with Crippen molar-refractivity contribution in [2.75, 3.05) is 26.1 Å². The van der Waals surface area contributed by atoms with Crippen molar-refractivity contribution in [1.82, 2.24) is 24.2 Å². The highest BCUT2D eigenvalue weighted by molar-refractivity contribution is 7.85. The molecule has 5 aromatic carbocycles. The van der Waals surface area contributed by atoms with E-state index < -0.39 is 45.1 Å². The number of carbonyl (C=O) groups excluding carboxylic acids is 1. The molecule has 316 valence electrons. The van der Waals surface area contributed by atoms with Crippen molar-refractivity contribution in [3.05, 3.63) is 178 Å². The number of imidazole rings is 1. The van der Waals surface area contributed by atoms with Crippen LogP contribution >= 0.6 is 0 Å². The van der Waals surface area contributed by atoms with Gasteiger partial charge in [0, 0.05) is 24.1 Å². The van der Waals surface area contributed by atoms with Gasteiger partial charge in [-0.1, -0.05) is 72.8 Å². The minimum absolute atomic E-state index is 0.0431. The zero-order valence-electron chi connectivity index (χ0n) is 33.2. The fraction of sp³-hybridized carbons (Fsp3) is 0.182. The van der Waals surface area contributed by atoms with E-state index in [0.717, 1.165) is 28.8 Å². The molecule has 1 aliphatic heterocycles. The van der Waals surface area contributed by atoms with E-state index in [0.29, 0.717) is 22.7 Å². The topological polar surface area (TPSA) is 208 Å². The minimum atomic E-state index is -4.57. The van der Waals surface area contributed by atoms with Crippen molar-refractivity contribution >= 4 is 38.9 Å². The Balaban J connectivity index is 1.16. The lowest BCUT2D eigenvalue weighted by Crippen LogP contribution is -2.45. The number of hydrogen-bond donors (Lipinski definition) is 2. The molecule has 0 spiro atoms. The molecule has 18 heteroatoms. The van der Waals surface area contributed by atoms with Gasteiger partial charge in [-0.2, -0.15) is 13.1 Å². The summed E-state index contributed by atoms with van der Waals surface area (Å²) in [6.45, 7) is -0.172. The Kier molecular flexibility index (Phi) is 11.9. The molecule has 1 saturated heterocycles. The van der Waals surface area contributed by atoms with Gasteiger partial charge in [-0.3, -0.25) is 19.5 Å². The standard InChI is InChI=1S/C44H39N7O10S/c1-57-34-19-13-31(14-20-34)44(30-11-7-4-8-12-30,32-15-21-35(58-2)22-16-32)59-26-38-37(49-62(55,56)61-36-23-17-33(18-24-36)51(53)54)25-39(60-38)50-28-47-40-41(45-27-46-42(40)50)48-43(52)29-9-5-3-6-10-29/h3-24,27-28,37-39,49H,25-26H2,1-2H3,(H,45,46,48,52)/t37-,38+,39+/m0/s1. The number of ether oxygens (including phenoxy) is 4. The zero-order valence-corrected chi connectivity index (χ0v) is 34.0. The summed E-state index contributed by atoms with van der Waals surface area (Å²) in [5.74, 6) is 0.896. The second-order valence-corrected chi connectivity index (χ2v) is 15.4. The third-order valence-corrected chi connectivity index (χ3v) is 11.4. The van der Waals surface area contributed by atoms with Crippen LogP contribution < -0.4 is 23.7 Å². The minimum Gasteiger partial charge on any atom is -0.497 e. The van der Waals surface area contributed by atoms with Crippen molar-refractivity contribution < 1.29 is 41.3 Å². The molecule has 0 unspecified atom stereocenters. The molecule has 0 bridgehead atoms. The molecule has 0 saturated carbocycles. The number of nitro benzene ring substituents is 1. The number of nitrogens with one attached hydrogen (secondary N) is 2. The van der Waals surface area contributed by atoms with Crippen LogP contribution in [0.5, 0.6) is 17.2 Å². The Morgan fingerprint density at radius 2 is 1.39 bits per heavy atom. The SMILES string of the molecule is COc1ccc(C(OC[C@H]2O[C@@H](n3cnc4c(NC(=O)c5ccccc5)ncnc43)C[C@@H]2NS(=O)(=O)Oc2ccc([N+](=O)[O-])cc2)(c2ccccc2)c2ccc(OC)cc2)cc1. The summed E-state index contributed by atoms with van der Waals surface area (Å²) in [5, 5.41) is 14.0. The highest BCUT2D eigenvalue weighted by Crippen LogP contribution is 2.43. The second kappa shape index (κ2) is 17.8. The largest absolute Gasteiger partial charge is 0.497 e. The van der Waals surface area contributed by atoms with Gasteiger partial charge < -0.3 is 28.4 Å². The van der Waals surface area contributed by atoms with E-state index in [2.05, 4.69) is 25.0 Å². The normalized spacial score (nSPS) is 16.5. The average molecular weight is 858 g/mol. The van der Waals surface area contributed by atoms with Crippen LogP contribution in [-0.4, -0.2) is 71.7 Å². The first-order valence-corrected chi connectivity index (χ1v) is 20.6. The number of nitro groups is 1. The van der Waals surface area contributed by atoms with Crippen LogP contribution in [-0.2, 0) is 25.4 Å². The van der Waals surface area contributed by atoms with E-state index in [4.69, 9.17) is 23.1 Å². The maximum atomic E-state index is 13.7. The van der Waals surface area contributed by atoms with E-state index in [-0.39, 0.29) is 35.8 Å². The highest BCUT2D eigenvalue weighted by atomic mass is 32.2. The molecular formula is C44H39N7O10S. The molecule has 3 heterocycles. The van der Waals surface area contributed by atoms with Gasteiger partial charge in [0.2, 0.25) is 0 Å². The zero-order chi connectivity index (χ0) is 43.3. The van der Waals surface area contributed by atoms with Gasteiger partial charge in [-0.15, -0.1) is 0 Å². The molecule has 1 aliphatic rings. The fourth-order valence-corrected chi connectivity index (χ4v) is 8.38. The van der Waals surface area contributed by atoms with Crippen LogP contribution in [0, 0.1) is 10.1 Å². The summed E-state index contributed by atoms with van der Waals surface area (Å²) < 4.78 is 61.8. The van der Waals surface area contributed by atoms with E-state index in [1.807, 2.05) is 78.9 Å². The summed E-state index contributed by atoms with van der Waals surface area (Å²) in [4.78, 5) is 36.9. The van der Waals surface area contributed by atoms with Crippen LogP contribution in [0.4, 0.5) is 11.5 Å². The number of aromatic nitrogens is 4. The fourth-order valence-electron chi connectivity index (χ4n) is 7.34. The van der Waals surface area contributed by atoms with Crippen molar-refractivity contribution in [3.8, 4) is 17.2 Å². The van der Waals surface area contributed by atoms with Gasteiger partial charge in [0.1, 0.15) is 41.5 Å². The monoisotopic (exact) mass is 857 g/mol. The number of nitrogens with zero attached hydrogens (tertiary/aromatic N) is 5. The number of methoxy groups -OCH3 is 2. The summed E-state index contributed by atoms with van der Waals surface area (Å²) in [6.07, 6.45) is 0.981. The van der Waals surface area contributed by atoms with Crippen molar-refractivity contribution in [2.45, 2.75) is 30.4 Å². The number of non-ortho nitro benzene ring substituents is 1. The number of carbonyl (C=O) groups is 1. The molecule has 1 amide bonds. The maximum absolute atomic E-state index is 13.7. The first-order valence-electron chi connectivity index (χ1n) is 19.2. The van der Waals surface area contributed by atoms with E-state index in [1.54, 1.807) is 49.1 Å². The number of amides is 1.